The van der Waals surface area contributed by atoms with E-state index in [0.29, 0.717) is 30.0 Å². The zero-order chi connectivity index (χ0) is 18.8. The van der Waals surface area contributed by atoms with E-state index in [4.69, 9.17) is 0 Å². The molecule has 1 aliphatic rings. The Morgan fingerprint density at radius 1 is 1.19 bits per heavy atom. The third kappa shape index (κ3) is 3.66. The fourth-order valence-corrected chi connectivity index (χ4v) is 4.06. The summed E-state index contributed by atoms with van der Waals surface area (Å²) in [5, 5.41) is 4.07. The summed E-state index contributed by atoms with van der Waals surface area (Å²) in [6.45, 7) is 1.43. The van der Waals surface area contributed by atoms with Gasteiger partial charge in [0.2, 0.25) is 5.91 Å². The van der Waals surface area contributed by atoms with Crippen LogP contribution in [0.25, 0.3) is 16.9 Å². The third-order valence-electron chi connectivity index (χ3n) is 4.57. The molecule has 3 aromatic rings. The molecule has 1 fully saturated rings. The van der Waals surface area contributed by atoms with Crippen LogP contribution in [0, 0.1) is 0 Å². The van der Waals surface area contributed by atoms with Crippen LogP contribution in [0.5, 0.6) is 0 Å². The van der Waals surface area contributed by atoms with Crippen LogP contribution in [-0.4, -0.2) is 50.0 Å². The second-order valence-corrected chi connectivity index (χ2v) is 7.53. The van der Waals surface area contributed by atoms with Crippen LogP contribution in [0.15, 0.2) is 42.6 Å². The first-order valence-electron chi connectivity index (χ1n) is 8.70. The Bertz CT molecular complexity index is 955. The van der Waals surface area contributed by atoms with Crippen molar-refractivity contribution in [2.24, 2.45) is 0 Å². The van der Waals surface area contributed by atoms with Crippen LogP contribution in [0.3, 0.4) is 0 Å². The van der Waals surface area contributed by atoms with E-state index in [0.717, 1.165) is 21.6 Å². The minimum atomic E-state index is -2.69. The Morgan fingerprint density at radius 2 is 1.93 bits per heavy atom. The molecule has 0 unspecified atom stereocenters. The third-order valence-corrected chi connectivity index (χ3v) is 5.51. The molecular formula is C19H18F2N4OS. The summed E-state index contributed by atoms with van der Waals surface area (Å²) in [6.07, 6.45) is -1.11. The predicted molar refractivity (Wildman–Crippen MR) is 101 cm³/mol. The average Bonchev–Trinajstić information content (AvgIpc) is 3.11. The second-order valence-electron chi connectivity index (χ2n) is 6.31. The number of amides is 1. The molecule has 0 bridgehead atoms. The Kier molecular flexibility index (Phi) is 5.07. The Morgan fingerprint density at radius 3 is 2.63 bits per heavy atom. The summed E-state index contributed by atoms with van der Waals surface area (Å²) < 4.78 is 28.3. The van der Waals surface area contributed by atoms with Crippen molar-refractivity contribution in [3.05, 3.63) is 53.9 Å². The number of benzene rings is 1. The van der Waals surface area contributed by atoms with Crippen LogP contribution >= 0.6 is 11.8 Å². The summed E-state index contributed by atoms with van der Waals surface area (Å²) in [4.78, 5) is 18.9. The highest BCUT2D eigenvalue weighted by atomic mass is 32.2. The Labute approximate surface area is 159 Å². The molecule has 3 heterocycles. The van der Waals surface area contributed by atoms with Gasteiger partial charge in [0.05, 0.1) is 18.3 Å². The van der Waals surface area contributed by atoms with E-state index >= 15 is 0 Å². The maximum absolute atomic E-state index is 13.6. The SMILES string of the molecule is O=C(Cc1cnn2c(C(F)F)cc(-c3ccccc3)nc12)N1CCSCC1. The van der Waals surface area contributed by atoms with Crippen molar-refractivity contribution < 1.29 is 13.6 Å². The molecule has 0 aliphatic carbocycles. The number of aromatic nitrogens is 3. The zero-order valence-corrected chi connectivity index (χ0v) is 15.3. The normalized spacial score (nSPS) is 14.9. The summed E-state index contributed by atoms with van der Waals surface area (Å²) >= 11 is 1.83. The molecule has 4 rings (SSSR count). The minimum Gasteiger partial charge on any atom is -0.341 e. The Hall–Kier alpha value is -2.48. The molecule has 140 valence electrons. The van der Waals surface area contributed by atoms with Crippen LogP contribution in [0.1, 0.15) is 17.7 Å². The second kappa shape index (κ2) is 7.64. The number of nitrogens with zero attached hydrogens (tertiary/aromatic N) is 4. The van der Waals surface area contributed by atoms with E-state index in [2.05, 4.69) is 10.1 Å². The Balaban J connectivity index is 1.73. The van der Waals surface area contributed by atoms with Gasteiger partial charge in [-0.3, -0.25) is 4.79 Å². The zero-order valence-electron chi connectivity index (χ0n) is 14.5. The molecular weight excluding hydrogens is 370 g/mol. The number of halogens is 2. The van der Waals surface area contributed by atoms with Crippen LogP contribution in [0.4, 0.5) is 8.78 Å². The van der Waals surface area contributed by atoms with E-state index in [1.54, 1.807) is 0 Å². The van der Waals surface area contributed by atoms with Crippen molar-refractivity contribution in [2.45, 2.75) is 12.8 Å². The number of thioether (sulfide) groups is 1. The van der Waals surface area contributed by atoms with Gasteiger partial charge in [0.25, 0.3) is 6.43 Å². The number of rotatable bonds is 4. The van der Waals surface area contributed by atoms with E-state index in [-0.39, 0.29) is 18.0 Å². The smallest absolute Gasteiger partial charge is 0.280 e. The van der Waals surface area contributed by atoms with Gasteiger partial charge in [-0.1, -0.05) is 30.3 Å². The predicted octanol–water partition coefficient (Wildman–Crippen LogP) is 3.45. The van der Waals surface area contributed by atoms with Gasteiger partial charge in [0, 0.05) is 35.7 Å². The molecule has 1 amide bonds. The molecule has 0 radical (unpaired) electrons. The molecule has 2 aromatic heterocycles. The number of carbonyl (C=O) groups excluding carboxylic acids is 1. The lowest BCUT2D eigenvalue weighted by Gasteiger charge is -2.26. The fourth-order valence-electron chi connectivity index (χ4n) is 3.16. The lowest BCUT2D eigenvalue weighted by Crippen LogP contribution is -2.38. The van der Waals surface area contributed by atoms with Crippen LogP contribution in [-0.2, 0) is 11.2 Å². The van der Waals surface area contributed by atoms with Gasteiger partial charge in [-0.15, -0.1) is 0 Å². The highest BCUT2D eigenvalue weighted by Crippen LogP contribution is 2.27. The molecule has 1 aromatic carbocycles. The van der Waals surface area contributed by atoms with Crippen molar-refractivity contribution in [1.29, 1.82) is 0 Å². The van der Waals surface area contributed by atoms with Crippen molar-refractivity contribution >= 4 is 23.3 Å². The van der Waals surface area contributed by atoms with Gasteiger partial charge in [-0.2, -0.15) is 16.9 Å². The van der Waals surface area contributed by atoms with Crippen molar-refractivity contribution in [2.75, 3.05) is 24.6 Å². The van der Waals surface area contributed by atoms with E-state index in [1.807, 2.05) is 47.0 Å². The standard InChI is InChI=1S/C19H18F2N4OS/c20-18(21)16-11-15(13-4-2-1-3-5-13)23-19-14(12-22-25(16)19)10-17(26)24-6-8-27-9-7-24/h1-5,11-12,18H,6-10H2. The number of fused-ring (bicyclic) bond motifs is 1. The molecule has 1 saturated heterocycles. The molecule has 0 atom stereocenters. The maximum Gasteiger partial charge on any atom is 0.280 e. The topological polar surface area (TPSA) is 50.5 Å². The highest BCUT2D eigenvalue weighted by molar-refractivity contribution is 7.99. The lowest BCUT2D eigenvalue weighted by molar-refractivity contribution is -0.130. The van der Waals surface area contributed by atoms with Crippen LogP contribution < -0.4 is 0 Å². The quantitative estimate of drug-likeness (QED) is 0.687. The summed E-state index contributed by atoms with van der Waals surface area (Å²) in [7, 11) is 0. The monoisotopic (exact) mass is 388 g/mol. The van der Waals surface area contributed by atoms with Gasteiger partial charge in [0.1, 0.15) is 5.69 Å². The first-order valence-corrected chi connectivity index (χ1v) is 9.85. The summed E-state index contributed by atoms with van der Waals surface area (Å²) in [6, 6.07) is 10.5. The number of alkyl halides is 2. The molecule has 27 heavy (non-hydrogen) atoms. The first-order chi connectivity index (χ1) is 13.1. The largest absolute Gasteiger partial charge is 0.341 e. The summed E-state index contributed by atoms with van der Waals surface area (Å²) in [5.74, 6) is 1.83. The highest BCUT2D eigenvalue weighted by Gasteiger charge is 2.22. The fraction of sp³-hybridized carbons (Fsp3) is 0.316. The van der Waals surface area contributed by atoms with Gasteiger partial charge in [-0.05, 0) is 6.07 Å². The van der Waals surface area contributed by atoms with Crippen LogP contribution in [0.2, 0.25) is 0 Å². The lowest BCUT2D eigenvalue weighted by atomic mass is 10.1. The number of carbonyl (C=O) groups is 1. The van der Waals surface area contributed by atoms with Crippen molar-refractivity contribution in [3.63, 3.8) is 0 Å². The van der Waals surface area contributed by atoms with E-state index in [1.165, 1.54) is 12.3 Å². The summed E-state index contributed by atoms with van der Waals surface area (Å²) in [5.41, 5.74) is 1.84. The van der Waals surface area contributed by atoms with Crippen molar-refractivity contribution in [1.82, 2.24) is 19.5 Å². The van der Waals surface area contributed by atoms with Gasteiger partial charge in [-0.25, -0.2) is 18.3 Å². The maximum atomic E-state index is 13.6. The van der Waals surface area contributed by atoms with Gasteiger partial charge >= 0.3 is 0 Å². The number of hydrogen-bond acceptors (Lipinski definition) is 4. The van der Waals surface area contributed by atoms with Crippen molar-refractivity contribution in [3.8, 4) is 11.3 Å². The minimum absolute atomic E-state index is 0.0179. The molecule has 0 spiro atoms. The first kappa shape index (κ1) is 17.9. The van der Waals surface area contributed by atoms with E-state index in [9.17, 15) is 13.6 Å². The average molecular weight is 388 g/mol. The van der Waals surface area contributed by atoms with E-state index < -0.39 is 6.43 Å². The molecule has 8 heteroatoms. The number of hydrogen-bond donors (Lipinski definition) is 0. The molecule has 1 aliphatic heterocycles. The van der Waals surface area contributed by atoms with Gasteiger partial charge in [0.15, 0.2) is 5.65 Å². The van der Waals surface area contributed by atoms with Gasteiger partial charge < -0.3 is 4.90 Å². The molecule has 5 nitrogen and oxygen atoms in total. The molecule has 0 saturated carbocycles. The molecule has 0 N–H and O–H groups in total.